The largest absolute Gasteiger partial charge is 0.505 e. The normalized spacial score (nSPS) is 12.9. The molecule has 0 aliphatic carbocycles. The first kappa shape index (κ1) is 37.8. The molecule has 0 saturated heterocycles. The van der Waals surface area contributed by atoms with Crippen molar-refractivity contribution in [2.75, 3.05) is 5.73 Å². The van der Waals surface area contributed by atoms with E-state index in [2.05, 4.69) is 30.7 Å². The maximum atomic E-state index is 12.3. The lowest BCUT2D eigenvalue weighted by molar-refractivity contribution is 0.472. The maximum absolute atomic E-state index is 12.3. The van der Waals surface area contributed by atoms with E-state index in [-0.39, 0.29) is 55.4 Å². The number of anilines is 1. The van der Waals surface area contributed by atoms with E-state index in [0.717, 1.165) is 18.2 Å². The van der Waals surface area contributed by atoms with Crippen LogP contribution in [0, 0.1) is 0 Å². The number of nitrogens with two attached hydrogens (primary N) is 1. The number of azo groups is 3. The lowest BCUT2D eigenvalue weighted by atomic mass is 10.1. The summed E-state index contributed by atoms with van der Waals surface area (Å²) in [7, 11) is -14.3. The standard InChI is InChI=1S/C36H25N7O10S3/c37-21-7-6-20-16-34(56(51,52)53)35(36(44)27(20)17-21)43-42-33-15-13-31(26-11-9-24(19-29(26)33)55(48,49)50)41-40-30-12-14-32(39-38-22-4-2-1-3-5-22)28-18-23(54(45,46)47)8-10-25(28)30/h1-19,44H,37H2,(H,45,46,47)(H,48,49,50)(H,51,52,53). The van der Waals surface area contributed by atoms with Crippen LogP contribution < -0.4 is 5.73 Å². The number of rotatable bonds is 9. The molecule has 0 saturated carbocycles. The van der Waals surface area contributed by atoms with E-state index in [9.17, 15) is 44.0 Å². The van der Waals surface area contributed by atoms with Gasteiger partial charge in [0.15, 0.2) is 5.75 Å². The van der Waals surface area contributed by atoms with Gasteiger partial charge < -0.3 is 10.8 Å². The van der Waals surface area contributed by atoms with Gasteiger partial charge >= 0.3 is 0 Å². The molecule has 0 aliphatic heterocycles. The van der Waals surface area contributed by atoms with Crippen LogP contribution in [-0.2, 0) is 30.4 Å². The first-order valence-corrected chi connectivity index (χ1v) is 20.2. The average molecular weight is 812 g/mol. The van der Waals surface area contributed by atoms with Crippen LogP contribution in [0.1, 0.15) is 0 Å². The van der Waals surface area contributed by atoms with Gasteiger partial charge in [-0.05, 0) is 84.2 Å². The molecular formula is C36H25N7O10S3. The highest BCUT2D eigenvalue weighted by molar-refractivity contribution is 7.86. The Hall–Kier alpha value is -6.55. The van der Waals surface area contributed by atoms with Crippen molar-refractivity contribution in [1.29, 1.82) is 0 Å². The Morgan fingerprint density at radius 1 is 0.446 bits per heavy atom. The van der Waals surface area contributed by atoms with Gasteiger partial charge in [-0.3, -0.25) is 13.7 Å². The van der Waals surface area contributed by atoms with Crippen molar-refractivity contribution in [3.63, 3.8) is 0 Å². The van der Waals surface area contributed by atoms with Crippen LogP contribution in [0.5, 0.6) is 5.75 Å². The predicted octanol–water partition coefficient (Wildman–Crippen LogP) is 9.42. The minimum atomic E-state index is -4.95. The third-order valence-electron chi connectivity index (χ3n) is 8.39. The van der Waals surface area contributed by atoms with Crippen LogP contribution in [0.25, 0.3) is 32.3 Å². The van der Waals surface area contributed by atoms with Gasteiger partial charge in [0, 0.05) is 32.6 Å². The number of phenols is 1. The van der Waals surface area contributed by atoms with Crippen LogP contribution in [0.2, 0.25) is 0 Å². The van der Waals surface area contributed by atoms with Crippen molar-refractivity contribution in [3.05, 3.63) is 115 Å². The Bertz CT molecular complexity index is 3200. The first-order valence-electron chi connectivity index (χ1n) is 15.9. The molecule has 56 heavy (non-hydrogen) atoms. The van der Waals surface area contributed by atoms with Gasteiger partial charge in [-0.25, -0.2) is 0 Å². The van der Waals surface area contributed by atoms with Crippen LogP contribution in [0.15, 0.2) is 161 Å². The molecule has 0 spiro atoms. The molecule has 0 amide bonds. The summed E-state index contributed by atoms with van der Waals surface area (Å²) in [6.45, 7) is 0. The zero-order valence-corrected chi connectivity index (χ0v) is 30.6. The second-order valence-electron chi connectivity index (χ2n) is 12.0. The molecule has 0 aliphatic rings. The Labute approximate surface area is 317 Å². The summed E-state index contributed by atoms with van der Waals surface area (Å²) in [4.78, 5) is -1.70. The molecule has 0 unspecified atom stereocenters. The summed E-state index contributed by atoms with van der Waals surface area (Å²) in [5.74, 6) is -0.664. The van der Waals surface area contributed by atoms with Gasteiger partial charge in [0.2, 0.25) is 0 Å². The van der Waals surface area contributed by atoms with Gasteiger partial charge in [0.05, 0.1) is 38.2 Å². The SMILES string of the molecule is Nc1ccc2cc(S(=O)(=O)O)c(N=Nc3ccc(N=Nc4ccc(N=Nc5ccccc5)c5cc(S(=O)(=O)O)ccc45)c4ccc(S(=O)(=O)O)cc34)c(O)c2c1. The van der Waals surface area contributed by atoms with Crippen LogP contribution in [0.3, 0.4) is 0 Å². The summed E-state index contributed by atoms with van der Waals surface area (Å²) in [6, 6.07) is 27.2. The third-order valence-corrected chi connectivity index (χ3v) is 11.0. The van der Waals surface area contributed by atoms with Gasteiger partial charge in [-0.15, -0.1) is 25.6 Å². The van der Waals surface area contributed by atoms with E-state index in [0.29, 0.717) is 11.1 Å². The number of phenolic OH excluding ortho intramolecular Hbond substituents is 1. The molecule has 20 heteroatoms. The molecule has 0 bridgehead atoms. The molecule has 0 atom stereocenters. The van der Waals surface area contributed by atoms with E-state index < -0.39 is 56.5 Å². The highest BCUT2D eigenvalue weighted by Crippen LogP contribution is 2.44. The summed E-state index contributed by atoms with van der Waals surface area (Å²) in [5, 5.41) is 37.5. The van der Waals surface area contributed by atoms with Crippen LogP contribution in [-0.4, -0.2) is 44.0 Å². The number of benzene rings is 7. The number of hydrogen-bond donors (Lipinski definition) is 5. The van der Waals surface area contributed by atoms with E-state index in [1.54, 1.807) is 36.4 Å². The summed E-state index contributed by atoms with van der Waals surface area (Å²) < 4.78 is 102. The quantitative estimate of drug-likeness (QED) is 0.0519. The smallest absolute Gasteiger partial charge is 0.296 e. The fourth-order valence-corrected chi connectivity index (χ4v) is 7.40. The lowest BCUT2D eigenvalue weighted by Crippen LogP contribution is -1.99. The predicted molar refractivity (Wildman–Crippen MR) is 206 cm³/mol. The highest BCUT2D eigenvalue weighted by Gasteiger charge is 2.23. The number of fused-ring (bicyclic) bond motifs is 3. The number of nitrogens with zero attached hydrogens (tertiary/aromatic N) is 6. The Morgan fingerprint density at radius 2 is 0.929 bits per heavy atom. The molecular weight excluding hydrogens is 787 g/mol. The second-order valence-corrected chi connectivity index (χ2v) is 16.3. The van der Waals surface area contributed by atoms with Gasteiger partial charge in [0.1, 0.15) is 10.6 Å². The third kappa shape index (κ3) is 7.68. The Balaban J connectivity index is 1.36. The number of nitrogen functional groups attached to an aromatic ring is 1. The van der Waals surface area contributed by atoms with E-state index >= 15 is 0 Å². The molecule has 7 aromatic rings. The molecule has 0 heterocycles. The molecule has 282 valence electrons. The highest BCUT2D eigenvalue weighted by atomic mass is 32.2. The molecule has 6 N–H and O–H groups in total. The summed E-state index contributed by atoms with van der Waals surface area (Å²) in [6.07, 6.45) is 0. The van der Waals surface area contributed by atoms with Gasteiger partial charge in [-0.1, -0.05) is 36.4 Å². The minimum Gasteiger partial charge on any atom is -0.505 e. The second kappa shape index (κ2) is 14.3. The van der Waals surface area contributed by atoms with Crippen molar-refractivity contribution in [2.24, 2.45) is 30.7 Å². The Kier molecular flexibility index (Phi) is 9.62. The summed E-state index contributed by atoms with van der Waals surface area (Å²) in [5.41, 5.74) is 6.55. The fourth-order valence-electron chi connectivity index (χ4n) is 5.73. The topological polar surface area (TPSA) is 284 Å². The van der Waals surface area contributed by atoms with Crippen molar-refractivity contribution < 1.29 is 44.0 Å². The maximum Gasteiger partial charge on any atom is 0.296 e. The van der Waals surface area contributed by atoms with Gasteiger partial charge in [0.25, 0.3) is 30.4 Å². The number of aromatic hydroxyl groups is 1. The van der Waals surface area contributed by atoms with Crippen LogP contribution in [0.4, 0.5) is 39.8 Å². The van der Waals surface area contributed by atoms with Crippen molar-refractivity contribution >= 4 is 102 Å². The molecule has 7 rings (SSSR count). The average Bonchev–Trinajstić information content (AvgIpc) is 3.15. The number of hydrogen-bond acceptors (Lipinski definition) is 14. The first-order chi connectivity index (χ1) is 26.5. The van der Waals surface area contributed by atoms with Gasteiger partial charge in [-0.2, -0.15) is 30.4 Å². The molecule has 0 fully saturated rings. The minimum absolute atomic E-state index is 0.0394. The molecule has 7 aromatic carbocycles. The zero-order valence-electron chi connectivity index (χ0n) is 28.2. The summed E-state index contributed by atoms with van der Waals surface area (Å²) >= 11 is 0. The van der Waals surface area contributed by atoms with Crippen molar-refractivity contribution in [3.8, 4) is 5.75 Å². The zero-order chi connectivity index (χ0) is 40.0. The van der Waals surface area contributed by atoms with E-state index in [1.165, 1.54) is 60.7 Å². The lowest BCUT2D eigenvalue weighted by Gasteiger charge is -2.10. The molecule has 17 nitrogen and oxygen atoms in total. The Morgan fingerprint density at radius 3 is 1.43 bits per heavy atom. The van der Waals surface area contributed by atoms with Crippen molar-refractivity contribution in [1.82, 2.24) is 0 Å². The van der Waals surface area contributed by atoms with Crippen LogP contribution >= 0.6 is 0 Å². The fraction of sp³-hybridized carbons (Fsp3) is 0. The van der Waals surface area contributed by atoms with E-state index in [1.807, 2.05) is 0 Å². The van der Waals surface area contributed by atoms with E-state index in [4.69, 9.17) is 5.73 Å². The monoisotopic (exact) mass is 811 g/mol. The molecule has 0 radical (unpaired) electrons. The molecule has 0 aromatic heterocycles. The van der Waals surface area contributed by atoms with Crippen molar-refractivity contribution in [2.45, 2.75) is 14.7 Å².